The Bertz CT molecular complexity index is 677. The monoisotopic (exact) mass is 356 g/mol. The fraction of sp³-hybridized carbons (Fsp3) is 0.688. The molecule has 0 saturated carbocycles. The zero-order valence-electron chi connectivity index (χ0n) is 14.1. The summed E-state index contributed by atoms with van der Waals surface area (Å²) in [5, 5.41) is 0. The number of furan rings is 1. The number of ether oxygens (including phenoxy) is 1. The summed E-state index contributed by atoms with van der Waals surface area (Å²) in [4.78, 5) is 14.1. The molecular weight excluding hydrogens is 332 g/mol. The van der Waals surface area contributed by atoms with Crippen molar-refractivity contribution >= 4 is 15.9 Å². The van der Waals surface area contributed by atoms with Gasteiger partial charge in [0.05, 0.1) is 19.1 Å². The summed E-state index contributed by atoms with van der Waals surface area (Å²) in [5.41, 5.74) is -0.392. The number of rotatable bonds is 4. The third-order valence-corrected chi connectivity index (χ3v) is 6.57. The first-order valence-corrected chi connectivity index (χ1v) is 10.0. The maximum atomic E-state index is 12.4. The van der Waals surface area contributed by atoms with Crippen LogP contribution in [0.3, 0.4) is 0 Å². The Morgan fingerprint density at radius 3 is 2.62 bits per heavy atom. The number of piperidine rings is 1. The van der Waals surface area contributed by atoms with Crippen molar-refractivity contribution in [1.82, 2.24) is 9.21 Å². The molecule has 2 fully saturated rings. The molecular formula is C16H24N2O5S. The summed E-state index contributed by atoms with van der Waals surface area (Å²) in [6.07, 6.45) is 5.66. The summed E-state index contributed by atoms with van der Waals surface area (Å²) in [7, 11) is -1.74. The minimum Gasteiger partial charge on any atom is -0.459 e. The van der Waals surface area contributed by atoms with E-state index in [0.29, 0.717) is 38.3 Å². The lowest BCUT2D eigenvalue weighted by molar-refractivity contribution is 0.0481. The molecule has 2 aliphatic rings. The van der Waals surface area contributed by atoms with Crippen LogP contribution in [-0.4, -0.2) is 68.2 Å². The highest BCUT2D eigenvalue weighted by atomic mass is 32.2. The van der Waals surface area contributed by atoms with Crippen LogP contribution in [0.5, 0.6) is 0 Å². The Labute approximate surface area is 142 Å². The van der Waals surface area contributed by atoms with Crippen LogP contribution < -0.4 is 0 Å². The van der Waals surface area contributed by atoms with Gasteiger partial charge < -0.3 is 14.1 Å². The van der Waals surface area contributed by atoms with Crippen molar-refractivity contribution in [2.75, 3.05) is 33.1 Å². The molecule has 1 spiro atoms. The molecule has 2 saturated heterocycles. The van der Waals surface area contributed by atoms with Crippen LogP contribution in [0.1, 0.15) is 36.2 Å². The fourth-order valence-corrected chi connectivity index (χ4v) is 5.85. The van der Waals surface area contributed by atoms with Crippen molar-refractivity contribution in [3.05, 3.63) is 24.2 Å². The highest BCUT2D eigenvalue weighted by Gasteiger charge is 2.52. The molecule has 1 aromatic rings. The Morgan fingerprint density at radius 1 is 1.38 bits per heavy atom. The third-order valence-electron chi connectivity index (χ3n) is 5.17. The molecule has 0 aliphatic carbocycles. The maximum absolute atomic E-state index is 12.4. The summed E-state index contributed by atoms with van der Waals surface area (Å²) in [6.45, 7) is 1.47. The molecule has 24 heavy (non-hydrogen) atoms. The lowest BCUT2D eigenvalue weighted by Gasteiger charge is -2.45. The van der Waals surface area contributed by atoms with Crippen molar-refractivity contribution in [1.29, 1.82) is 0 Å². The zero-order valence-corrected chi connectivity index (χ0v) is 14.9. The Balaban J connectivity index is 1.75. The molecule has 8 heteroatoms. The fourth-order valence-electron chi connectivity index (χ4n) is 4.17. The number of methoxy groups -OCH3 is 1. The smallest absolute Gasteiger partial charge is 0.289 e. The van der Waals surface area contributed by atoms with E-state index in [2.05, 4.69) is 0 Å². The lowest BCUT2D eigenvalue weighted by atomic mass is 9.86. The third kappa shape index (κ3) is 3.10. The maximum Gasteiger partial charge on any atom is 0.289 e. The lowest BCUT2D eigenvalue weighted by Crippen LogP contribution is -2.57. The van der Waals surface area contributed by atoms with E-state index >= 15 is 0 Å². The number of hydrogen-bond donors (Lipinski definition) is 0. The highest BCUT2D eigenvalue weighted by molar-refractivity contribution is 7.88. The molecule has 2 aliphatic heterocycles. The van der Waals surface area contributed by atoms with Crippen LogP contribution in [0, 0.1) is 0 Å². The number of sulfonamides is 1. The normalized spacial score (nSPS) is 24.6. The number of amides is 1. The summed E-state index contributed by atoms with van der Waals surface area (Å²) >= 11 is 0. The van der Waals surface area contributed by atoms with Gasteiger partial charge in [-0.15, -0.1) is 0 Å². The van der Waals surface area contributed by atoms with Crippen LogP contribution >= 0.6 is 0 Å². The molecule has 0 aromatic carbocycles. The van der Waals surface area contributed by atoms with Crippen molar-refractivity contribution in [2.45, 2.75) is 37.3 Å². The van der Waals surface area contributed by atoms with E-state index in [1.807, 2.05) is 0 Å². The van der Waals surface area contributed by atoms with Crippen LogP contribution in [0.15, 0.2) is 22.8 Å². The Hall–Kier alpha value is -1.38. The van der Waals surface area contributed by atoms with Gasteiger partial charge in [0, 0.05) is 31.8 Å². The van der Waals surface area contributed by atoms with Gasteiger partial charge in [0.1, 0.15) is 0 Å². The number of carbonyl (C=O) groups excluding carboxylic acids is 1. The van der Waals surface area contributed by atoms with E-state index in [1.165, 1.54) is 12.5 Å². The standard InChI is InChI=1S/C16H24N2O5S/c1-22-12-13-5-6-16(18(13)24(2,20)21)7-9-17(10-8-16)15(19)14-4-3-11-23-14/h3-4,11,13H,5-10,12H2,1-2H3. The van der Waals surface area contributed by atoms with E-state index in [1.54, 1.807) is 28.4 Å². The van der Waals surface area contributed by atoms with Crippen LogP contribution in [-0.2, 0) is 14.8 Å². The molecule has 1 unspecified atom stereocenters. The van der Waals surface area contributed by atoms with Crippen LogP contribution in [0.2, 0.25) is 0 Å². The molecule has 0 N–H and O–H groups in total. The number of likely N-dealkylation sites (tertiary alicyclic amines) is 1. The summed E-state index contributed by atoms with van der Waals surface area (Å²) in [6, 6.07) is 3.23. The minimum atomic E-state index is -3.33. The molecule has 0 bridgehead atoms. The van der Waals surface area contributed by atoms with Gasteiger partial charge in [0.25, 0.3) is 5.91 Å². The van der Waals surface area contributed by atoms with Crippen LogP contribution in [0.4, 0.5) is 0 Å². The quantitative estimate of drug-likeness (QED) is 0.813. The van der Waals surface area contributed by atoms with Gasteiger partial charge in [-0.3, -0.25) is 4.79 Å². The average molecular weight is 356 g/mol. The van der Waals surface area contributed by atoms with Gasteiger partial charge in [0.2, 0.25) is 10.0 Å². The zero-order chi connectivity index (χ0) is 17.4. The van der Waals surface area contributed by atoms with Crippen molar-refractivity contribution in [2.24, 2.45) is 0 Å². The summed E-state index contributed by atoms with van der Waals surface area (Å²) < 4.78 is 36.8. The van der Waals surface area contributed by atoms with Gasteiger partial charge in [0.15, 0.2) is 5.76 Å². The van der Waals surface area contributed by atoms with Crippen molar-refractivity contribution in [3.63, 3.8) is 0 Å². The molecule has 1 aromatic heterocycles. The van der Waals surface area contributed by atoms with E-state index < -0.39 is 15.6 Å². The molecule has 1 amide bonds. The number of nitrogens with zero attached hydrogens (tertiary/aromatic N) is 2. The minimum absolute atomic E-state index is 0.114. The molecule has 7 nitrogen and oxygen atoms in total. The first-order valence-electron chi connectivity index (χ1n) is 8.19. The van der Waals surface area contributed by atoms with Crippen molar-refractivity contribution < 1.29 is 22.4 Å². The second kappa shape index (κ2) is 6.50. The molecule has 134 valence electrons. The number of hydrogen-bond acceptors (Lipinski definition) is 5. The van der Waals surface area contributed by atoms with Gasteiger partial charge in [-0.05, 0) is 37.8 Å². The van der Waals surface area contributed by atoms with E-state index in [9.17, 15) is 13.2 Å². The molecule has 3 heterocycles. The highest BCUT2D eigenvalue weighted by Crippen LogP contribution is 2.43. The van der Waals surface area contributed by atoms with E-state index in [-0.39, 0.29) is 11.9 Å². The predicted molar refractivity (Wildman–Crippen MR) is 88.2 cm³/mol. The Morgan fingerprint density at radius 2 is 2.08 bits per heavy atom. The first kappa shape index (κ1) is 17.4. The topological polar surface area (TPSA) is 80.1 Å². The second-order valence-corrected chi connectivity index (χ2v) is 8.56. The first-order chi connectivity index (χ1) is 11.4. The Kier molecular flexibility index (Phi) is 4.72. The van der Waals surface area contributed by atoms with Gasteiger partial charge in [-0.25, -0.2) is 8.42 Å². The average Bonchev–Trinajstić information content (AvgIpc) is 3.16. The van der Waals surface area contributed by atoms with Crippen molar-refractivity contribution in [3.8, 4) is 0 Å². The molecule has 3 rings (SSSR count). The van der Waals surface area contributed by atoms with E-state index in [4.69, 9.17) is 9.15 Å². The predicted octanol–water partition coefficient (Wildman–Crippen LogP) is 1.32. The van der Waals surface area contributed by atoms with Gasteiger partial charge >= 0.3 is 0 Å². The second-order valence-electron chi connectivity index (χ2n) is 6.70. The van der Waals surface area contributed by atoms with E-state index in [0.717, 1.165) is 12.8 Å². The molecule has 0 radical (unpaired) electrons. The SMILES string of the molecule is COCC1CCC2(CCN(C(=O)c3ccco3)CC2)N1S(C)(=O)=O. The summed E-state index contributed by atoms with van der Waals surface area (Å²) in [5.74, 6) is 0.196. The van der Waals surface area contributed by atoms with Gasteiger partial charge in [-0.2, -0.15) is 4.31 Å². The number of carbonyl (C=O) groups is 1. The molecule has 1 atom stereocenters. The largest absolute Gasteiger partial charge is 0.459 e. The van der Waals surface area contributed by atoms with Crippen LogP contribution in [0.25, 0.3) is 0 Å². The van der Waals surface area contributed by atoms with Gasteiger partial charge in [-0.1, -0.05) is 0 Å².